The third-order valence-electron chi connectivity index (χ3n) is 3.72. The molecule has 3 rings (SSSR count). The smallest absolute Gasteiger partial charge is 0.422 e. The third-order valence-corrected chi connectivity index (χ3v) is 3.72. The highest BCUT2D eigenvalue weighted by Crippen LogP contribution is 2.30. The molecule has 2 heterocycles. The number of benzene rings is 1. The summed E-state index contributed by atoms with van der Waals surface area (Å²) in [7, 11) is 0. The largest absolute Gasteiger partial charge is 0.486 e. The maximum absolute atomic E-state index is 12.3. The molecule has 0 atom stereocenters. The van der Waals surface area contributed by atoms with Crippen LogP contribution < -0.4 is 24.8 Å². The van der Waals surface area contributed by atoms with Crippen molar-refractivity contribution in [3.63, 3.8) is 0 Å². The molecule has 0 aliphatic carbocycles. The summed E-state index contributed by atoms with van der Waals surface area (Å²) in [5.74, 6) is 1.10. The molecule has 1 aliphatic heterocycles. The monoisotopic (exact) mass is 397 g/mol. The van der Waals surface area contributed by atoms with Crippen LogP contribution in [0.5, 0.6) is 17.4 Å². The summed E-state index contributed by atoms with van der Waals surface area (Å²) >= 11 is 0. The van der Waals surface area contributed by atoms with Gasteiger partial charge in [0.25, 0.3) is 0 Å². The first kappa shape index (κ1) is 19.6. The SMILES string of the molecule is O=C(NCc1ccc2c(c1)OCCO2)NCc1cccnc1OCC(F)(F)F. The maximum atomic E-state index is 12.3. The van der Waals surface area contributed by atoms with Gasteiger partial charge in [0.2, 0.25) is 5.88 Å². The summed E-state index contributed by atoms with van der Waals surface area (Å²) in [6, 6.07) is 7.94. The number of carbonyl (C=O) groups excluding carboxylic acids is 1. The summed E-state index contributed by atoms with van der Waals surface area (Å²) in [4.78, 5) is 15.8. The molecule has 0 unspecified atom stereocenters. The highest BCUT2D eigenvalue weighted by Gasteiger charge is 2.29. The van der Waals surface area contributed by atoms with Gasteiger partial charge in [-0.1, -0.05) is 12.1 Å². The first-order valence-corrected chi connectivity index (χ1v) is 8.44. The summed E-state index contributed by atoms with van der Waals surface area (Å²) in [5.41, 5.74) is 1.15. The van der Waals surface area contributed by atoms with Gasteiger partial charge < -0.3 is 24.8 Å². The maximum Gasteiger partial charge on any atom is 0.422 e. The Hall–Kier alpha value is -3.17. The van der Waals surface area contributed by atoms with E-state index in [4.69, 9.17) is 9.47 Å². The van der Waals surface area contributed by atoms with Crippen LogP contribution in [0.1, 0.15) is 11.1 Å². The van der Waals surface area contributed by atoms with Crippen LogP contribution in [0.25, 0.3) is 0 Å². The van der Waals surface area contributed by atoms with Crippen LogP contribution in [0.4, 0.5) is 18.0 Å². The summed E-state index contributed by atoms with van der Waals surface area (Å²) in [6.45, 7) is -0.279. The number of amides is 2. The molecule has 0 saturated carbocycles. The minimum Gasteiger partial charge on any atom is -0.486 e. The lowest BCUT2D eigenvalue weighted by Gasteiger charge is -2.19. The summed E-state index contributed by atoms with van der Waals surface area (Å²) in [6.07, 6.45) is -3.15. The Morgan fingerprint density at radius 1 is 1.11 bits per heavy atom. The lowest BCUT2D eigenvalue weighted by Crippen LogP contribution is -2.34. The van der Waals surface area contributed by atoms with E-state index < -0.39 is 18.8 Å². The molecule has 1 aliphatic rings. The van der Waals surface area contributed by atoms with Gasteiger partial charge in [-0.2, -0.15) is 13.2 Å². The first-order valence-electron chi connectivity index (χ1n) is 8.44. The molecule has 0 saturated heterocycles. The van der Waals surface area contributed by atoms with Crippen LogP contribution in [-0.2, 0) is 13.1 Å². The van der Waals surface area contributed by atoms with Crippen molar-refractivity contribution in [2.75, 3.05) is 19.8 Å². The van der Waals surface area contributed by atoms with Crippen molar-refractivity contribution in [1.82, 2.24) is 15.6 Å². The predicted octanol–water partition coefficient (Wildman–Crippen LogP) is 2.79. The number of nitrogens with zero attached hydrogens (tertiary/aromatic N) is 1. The number of nitrogens with one attached hydrogen (secondary N) is 2. The zero-order chi connectivity index (χ0) is 20.0. The van der Waals surface area contributed by atoms with E-state index in [-0.39, 0.29) is 19.0 Å². The van der Waals surface area contributed by atoms with Gasteiger partial charge in [0.05, 0.1) is 0 Å². The van der Waals surface area contributed by atoms with Gasteiger partial charge in [0.15, 0.2) is 18.1 Å². The fraction of sp³-hybridized carbons (Fsp3) is 0.333. The van der Waals surface area contributed by atoms with Crippen molar-refractivity contribution in [2.45, 2.75) is 19.3 Å². The molecule has 10 heteroatoms. The zero-order valence-electron chi connectivity index (χ0n) is 14.7. The number of aromatic nitrogens is 1. The molecule has 7 nitrogen and oxygen atoms in total. The Kier molecular flexibility index (Phi) is 6.07. The fourth-order valence-corrected chi connectivity index (χ4v) is 2.46. The molecular weight excluding hydrogens is 379 g/mol. The lowest BCUT2D eigenvalue weighted by molar-refractivity contribution is -0.154. The van der Waals surface area contributed by atoms with Gasteiger partial charge in [-0.25, -0.2) is 9.78 Å². The molecule has 2 N–H and O–H groups in total. The van der Waals surface area contributed by atoms with Crippen LogP contribution in [-0.4, -0.2) is 37.0 Å². The van der Waals surface area contributed by atoms with Gasteiger partial charge in [-0.15, -0.1) is 0 Å². The lowest BCUT2D eigenvalue weighted by atomic mass is 10.2. The fourth-order valence-electron chi connectivity index (χ4n) is 2.46. The van der Waals surface area contributed by atoms with Gasteiger partial charge in [-0.3, -0.25) is 0 Å². The van der Waals surface area contributed by atoms with E-state index in [9.17, 15) is 18.0 Å². The van der Waals surface area contributed by atoms with E-state index in [1.807, 2.05) is 0 Å². The second-order valence-electron chi connectivity index (χ2n) is 5.89. The van der Waals surface area contributed by atoms with Crippen LogP contribution in [0.3, 0.4) is 0 Å². The average Bonchev–Trinajstić information content (AvgIpc) is 2.69. The van der Waals surface area contributed by atoms with E-state index >= 15 is 0 Å². The first-order chi connectivity index (χ1) is 13.4. The van der Waals surface area contributed by atoms with E-state index in [0.29, 0.717) is 30.3 Å². The summed E-state index contributed by atoms with van der Waals surface area (Å²) in [5, 5.41) is 5.23. The quantitative estimate of drug-likeness (QED) is 0.784. The number of hydrogen-bond acceptors (Lipinski definition) is 5. The minimum absolute atomic E-state index is 0.0337. The molecule has 1 aromatic carbocycles. The van der Waals surface area contributed by atoms with Crippen molar-refractivity contribution in [3.8, 4) is 17.4 Å². The molecule has 2 aromatic rings. The third kappa shape index (κ3) is 5.66. The average molecular weight is 397 g/mol. The summed E-state index contributed by atoms with van der Waals surface area (Å²) < 4.78 is 52.5. The Bertz CT molecular complexity index is 830. The van der Waals surface area contributed by atoms with E-state index in [1.165, 1.54) is 12.3 Å². The van der Waals surface area contributed by atoms with Crippen LogP contribution in [0.2, 0.25) is 0 Å². The number of ether oxygens (including phenoxy) is 3. The van der Waals surface area contributed by atoms with Gasteiger partial charge in [0, 0.05) is 24.8 Å². The van der Waals surface area contributed by atoms with Crippen molar-refractivity contribution >= 4 is 6.03 Å². The van der Waals surface area contributed by atoms with Gasteiger partial charge >= 0.3 is 12.2 Å². The molecule has 28 heavy (non-hydrogen) atoms. The molecule has 0 spiro atoms. The van der Waals surface area contributed by atoms with Crippen molar-refractivity contribution in [2.24, 2.45) is 0 Å². The molecule has 0 radical (unpaired) electrons. The van der Waals surface area contributed by atoms with Gasteiger partial charge in [0.1, 0.15) is 13.2 Å². The second-order valence-corrected chi connectivity index (χ2v) is 5.89. The van der Waals surface area contributed by atoms with E-state index in [0.717, 1.165) is 5.56 Å². The van der Waals surface area contributed by atoms with E-state index in [1.54, 1.807) is 24.3 Å². The predicted molar refractivity (Wildman–Crippen MR) is 92.3 cm³/mol. The van der Waals surface area contributed by atoms with E-state index in [2.05, 4.69) is 20.4 Å². The number of urea groups is 1. The number of pyridine rings is 1. The Morgan fingerprint density at radius 2 is 1.86 bits per heavy atom. The molecule has 0 fully saturated rings. The topological polar surface area (TPSA) is 81.7 Å². The van der Waals surface area contributed by atoms with Gasteiger partial charge in [-0.05, 0) is 23.8 Å². The van der Waals surface area contributed by atoms with Crippen LogP contribution >= 0.6 is 0 Å². The molecule has 0 bridgehead atoms. The Morgan fingerprint density at radius 3 is 2.64 bits per heavy atom. The van der Waals surface area contributed by atoms with Crippen LogP contribution in [0, 0.1) is 0 Å². The Balaban J connectivity index is 1.49. The molecule has 2 amide bonds. The van der Waals surface area contributed by atoms with Crippen molar-refractivity contribution in [1.29, 1.82) is 0 Å². The van der Waals surface area contributed by atoms with Crippen molar-refractivity contribution in [3.05, 3.63) is 47.7 Å². The number of alkyl halides is 3. The number of fused-ring (bicyclic) bond motifs is 1. The molecule has 150 valence electrons. The highest BCUT2D eigenvalue weighted by atomic mass is 19.4. The molecular formula is C18H18F3N3O4. The number of hydrogen-bond donors (Lipinski definition) is 2. The molecule has 1 aromatic heterocycles. The normalized spacial score (nSPS) is 13.0. The second kappa shape index (κ2) is 8.68. The Labute approximate surface area is 158 Å². The van der Waals surface area contributed by atoms with Crippen LogP contribution in [0.15, 0.2) is 36.5 Å². The standard InChI is InChI=1S/C18H18F3N3O4/c19-18(20,21)11-28-16-13(2-1-5-22-16)10-24-17(25)23-9-12-3-4-14-15(8-12)27-7-6-26-14/h1-5,8H,6-7,9-11H2,(H2,23,24,25). The highest BCUT2D eigenvalue weighted by molar-refractivity contribution is 5.73. The number of halogens is 3. The minimum atomic E-state index is -4.47. The zero-order valence-corrected chi connectivity index (χ0v) is 14.7. The number of rotatable bonds is 6. The number of carbonyl (C=O) groups is 1. The van der Waals surface area contributed by atoms with Crippen molar-refractivity contribution < 1.29 is 32.2 Å².